The second-order valence-electron chi connectivity index (χ2n) is 8.81. The fourth-order valence-corrected chi connectivity index (χ4v) is 6.58. The Kier molecular flexibility index (Phi) is 5.81. The average molecular weight is 476 g/mol. The third-order valence-electron chi connectivity index (χ3n) is 6.48. The van der Waals surface area contributed by atoms with Gasteiger partial charge in [0.1, 0.15) is 5.54 Å². The van der Waals surface area contributed by atoms with Crippen LogP contribution >= 0.6 is 11.6 Å². The summed E-state index contributed by atoms with van der Waals surface area (Å²) < 4.78 is 28.8. The Morgan fingerprint density at radius 2 is 1.94 bits per heavy atom. The monoisotopic (exact) mass is 475 g/mol. The van der Waals surface area contributed by atoms with Crippen LogP contribution in [0.15, 0.2) is 47.4 Å². The summed E-state index contributed by atoms with van der Waals surface area (Å²) in [5.41, 5.74) is 6.68. The molecule has 2 amide bonds. The first-order chi connectivity index (χ1) is 15.1. The third-order valence-corrected chi connectivity index (χ3v) is 8.64. The van der Waals surface area contributed by atoms with Gasteiger partial charge in [-0.15, -0.1) is 0 Å². The Bertz CT molecular complexity index is 1180. The second kappa shape index (κ2) is 8.17. The number of benzene rings is 2. The molecule has 1 fully saturated rings. The van der Waals surface area contributed by atoms with Crippen molar-refractivity contribution in [2.45, 2.75) is 43.7 Å². The zero-order valence-electron chi connectivity index (χ0n) is 18.0. The van der Waals surface area contributed by atoms with Crippen molar-refractivity contribution < 1.29 is 18.0 Å². The molecule has 2 aromatic rings. The number of rotatable bonds is 7. The van der Waals surface area contributed by atoms with Crippen molar-refractivity contribution in [2.75, 3.05) is 6.54 Å². The smallest absolute Gasteiger partial charge is 0.251 e. The van der Waals surface area contributed by atoms with E-state index in [4.69, 9.17) is 17.3 Å². The van der Waals surface area contributed by atoms with Crippen LogP contribution in [-0.4, -0.2) is 36.6 Å². The number of nitrogens with zero attached hydrogens (tertiary/aromatic N) is 1. The zero-order valence-corrected chi connectivity index (χ0v) is 19.5. The molecular formula is C23H26ClN3O4S. The summed E-state index contributed by atoms with van der Waals surface area (Å²) in [5, 5.41) is 3.22. The number of hydrogen-bond donors (Lipinski definition) is 2. The lowest BCUT2D eigenvalue weighted by Gasteiger charge is -2.31. The van der Waals surface area contributed by atoms with Gasteiger partial charge >= 0.3 is 0 Å². The molecule has 1 aliphatic heterocycles. The highest BCUT2D eigenvalue weighted by Gasteiger charge is 2.66. The lowest BCUT2D eigenvalue weighted by atomic mass is 9.97. The van der Waals surface area contributed by atoms with Gasteiger partial charge in [0.05, 0.1) is 4.90 Å². The first kappa shape index (κ1) is 22.8. The summed E-state index contributed by atoms with van der Waals surface area (Å²) in [5.74, 6) is -0.881. The van der Waals surface area contributed by atoms with E-state index >= 15 is 0 Å². The van der Waals surface area contributed by atoms with E-state index in [2.05, 4.69) is 5.32 Å². The van der Waals surface area contributed by atoms with Crippen LogP contribution in [0.2, 0.25) is 5.02 Å². The second-order valence-corrected chi connectivity index (χ2v) is 11.1. The molecule has 1 heterocycles. The van der Waals surface area contributed by atoms with E-state index in [9.17, 15) is 18.0 Å². The topological polar surface area (TPSA) is 110 Å². The van der Waals surface area contributed by atoms with Gasteiger partial charge in [-0.05, 0) is 66.1 Å². The predicted molar refractivity (Wildman–Crippen MR) is 122 cm³/mol. The number of carbonyl (C=O) groups is 2. The van der Waals surface area contributed by atoms with E-state index in [0.29, 0.717) is 35.5 Å². The maximum atomic E-state index is 13.8. The maximum Gasteiger partial charge on any atom is 0.251 e. The van der Waals surface area contributed by atoms with Gasteiger partial charge in [-0.3, -0.25) is 9.59 Å². The van der Waals surface area contributed by atoms with Gasteiger partial charge in [0, 0.05) is 23.7 Å². The number of fused-ring (bicyclic) bond motifs is 1. The van der Waals surface area contributed by atoms with Crippen LogP contribution in [-0.2, 0) is 27.8 Å². The molecule has 2 unspecified atom stereocenters. The van der Waals surface area contributed by atoms with E-state index in [1.807, 2.05) is 19.9 Å². The lowest BCUT2D eigenvalue weighted by molar-refractivity contribution is -0.123. The van der Waals surface area contributed by atoms with Crippen LogP contribution in [0.5, 0.6) is 0 Å². The first-order valence-electron chi connectivity index (χ1n) is 10.6. The van der Waals surface area contributed by atoms with Crippen LogP contribution in [0.3, 0.4) is 0 Å². The third kappa shape index (κ3) is 3.80. The fraction of sp³-hybridized carbons (Fsp3) is 0.391. The summed E-state index contributed by atoms with van der Waals surface area (Å²) in [6.07, 6.45) is 1.04. The van der Waals surface area contributed by atoms with E-state index in [1.165, 1.54) is 28.6 Å². The maximum absolute atomic E-state index is 13.8. The highest BCUT2D eigenvalue weighted by Crippen LogP contribution is 2.54. The van der Waals surface area contributed by atoms with Crippen LogP contribution in [0.1, 0.15) is 41.8 Å². The van der Waals surface area contributed by atoms with Crippen LogP contribution < -0.4 is 11.1 Å². The standard InChI is InChI=1S/C23H26ClN3O4S/c1-14(2)20-12-23(20,22(25)29)27(32(30,31)18-6-4-17(24)5-7-18)13-15-3-8-19-16(11-15)9-10-26-21(19)28/h3-8,11,14,20H,9-10,12-13H2,1-2H3,(H2,25,29)(H,26,28). The molecule has 0 aromatic heterocycles. The molecule has 1 aliphatic carbocycles. The van der Waals surface area contributed by atoms with Gasteiger partial charge in [-0.25, -0.2) is 8.42 Å². The molecule has 1 saturated carbocycles. The molecule has 2 atom stereocenters. The largest absolute Gasteiger partial charge is 0.368 e. The molecule has 2 aromatic carbocycles. The van der Waals surface area contributed by atoms with E-state index < -0.39 is 21.5 Å². The van der Waals surface area contributed by atoms with Crippen molar-refractivity contribution in [1.29, 1.82) is 0 Å². The van der Waals surface area contributed by atoms with Crippen LogP contribution in [0.4, 0.5) is 0 Å². The lowest BCUT2D eigenvalue weighted by Crippen LogP contribution is -2.51. The van der Waals surface area contributed by atoms with E-state index in [0.717, 1.165) is 5.56 Å². The van der Waals surface area contributed by atoms with Gasteiger partial charge < -0.3 is 11.1 Å². The summed E-state index contributed by atoms with van der Waals surface area (Å²) in [6.45, 7) is 4.43. The summed E-state index contributed by atoms with van der Waals surface area (Å²) >= 11 is 5.95. The Morgan fingerprint density at radius 1 is 1.25 bits per heavy atom. The minimum atomic E-state index is -4.06. The van der Waals surface area contributed by atoms with Crippen molar-refractivity contribution in [3.05, 3.63) is 64.2 Å². The van der Waals surface area contributed by atoms with Crippen molar-refractivity contribution in [2.24, 2.45) is 17.6 Å². The summed E-state index contributed by atoms with van der Waals surface area (Å²) in [4.78, 5) is 24.8. The molecule has 0 bridgehead atoms. The molecule has 7 nitrogen and oxygen atoms in total. The number of sulfonamides is 1. The molecule has 3 N–H and O–H groups in total. The Balaban J connectivity index is 1.79. The van der Waals surface area contributed by atoms with Crippen LogP contribution in [0.25, 0.3) is 0 Å². The number of halogens is 1. The van der Waals surface area contributed by atoms with Gasteiger partial charge in [0.15, 0.2) is 0 Å². The number of nitrogens with one attached hydrogen (secondary N) is 1. The van der Waals surface area contributed by atoms with Crippen molar-refractivity contribution in [3.63, 3.8) is 0 Å². The summed E-state index contributed by atoms with van der Waals surface area (Å²) in [7, 11) is -4.06. The van der Waals surface area contributed by atoms with E-state index in [-0.39, 0.29) is 29.2 Å². The number of hydrogen-bond acceptors (Lipinski definition) is 4. The average Bonchev–Trinajstić information content (AvgIpc) is 3.49. The zero-order chi connectivity index (χ0) is 23.3. The number of nitrogens with two attached hydrogens (primary N) is 1. The van der Waals surface area contributed by atoms with Crippen molar-refractivity contribution >= 4 is 33.4 Å². The molecule has 0 spiro atoms. The molecular weight excluding hydrogens is 450 g/mol. The fourth-order valence-electron chi connectivity index (χ4n) is 4.68. The minimum Gasteiger partial charge on any atom is -0.368 e. The molecule has 2 aliphatic rings. The van der Waals surface area contributed by atoms with Gasteiger partial charge in [0.2, 0.25) is 15.9 Å². The van der Waals surface area contributed by atoms with E-state index in [1.54, 1.807) is 12.1 Å². The van der Waals surface area contributed by atoms with Crippen molar-refractivity contribution in [1.82, 2.24) is 9.62 Å². The van der Waals surface area contributed by atoms with Gasteiger partial charge in [-0.2, -0.15) is 4.31 Å². The number of amides is 2. The Labute approximate surface area is 193 Å². The summed E-state index contributed by atoms with van der Waals surface area (Å²) in [6, 6.07) is 11.2. The Morgan fingerprint density at radius 3 is 2.53 bits per heavy atom. The SMILES string of the molecule is CC(C)C1CC1(C(N)=O)N(Cc1ccc2c(c1)CCNC2=O)S(=O)(=O)c1ccc(Cl)cc1. The van der Waals surface area contributed by atoms with Gasteiger partial charge in [0.25, 0.3) is 5.91 Å². The first-order valence-corrected chi connectivity index (χ1v) is 12.4. The number of carbonyl (C=O) groups excluding carboxylic acids is 2. The molecule has 9 heteroatoms. The number of primary amides is 1. The highest BCUT2D eigenvalue weighted by molar-refractivity contribution is 7.89. The molecule has 0 saturated heterocycles. The highest BCUT2D eigenvalue weighted by atomic mass is 35.5. The van der Waals surface area contributed by atoms with Crippen LogP contribution in [0, 0.1) is 11.8 Å². The Hall–Kier alpha value is -2.42. The molecule has 170 valence electrons. The molecule has 0 radical (unpaired) electrons. The molecule has 4 rings (SSSR count). The van der Waals surface area contributed by atoms with Gasteiger partial charge in [-0.1, -0.05) is 37.6 Å². The quantitative estimate of drug-likeness (QED) is 0.641. The predicted octanol–water partition coefficient (Wildman–Crippen LogP) is 2.72. The normalized spacial score (nSPS) is 22.5. The molecule has 32 heavy (non-hydrogen) atoms. The van der Waals surface area contributed by atoms with Crippen molar-refractivity contribution in [3.8, 4) is 0 Å². The minimum absolute atomic E-state index is 0.0218.